The van der Waals surface area contributed by atoms with Gasteiger partial charge in [-0.25, -0.2) is 9.59 Å². The molecule has 23 heavy (non-hydrogen) atoms. The van der Waals surface area contributed by atoms with E-state index in [1.165, 1.54) is 32.2 Å². The molecule has 1 rings (SSSR count). The van der Waals surface area contributed by atoms with Crippen LogP contribution in [0.15, 0.2) is 18.2 Å². The maximum absolute atomic E-state index is 11.5. The molecule has 0 fully saturated rings. The van der Waals surface area contributed by atoms with Gasteiger partial charge in [-0.3, -0.25) is 0 Å². The maximum atomic E-state index is 11.5. The summed E-state index contributed by atoms with van der Waals surface area (Å²) in [6.45, 7) is 1.55. The van der Waals surface area contributed by atoms with Crippen molar-refractivity contribution in [3.63, 3.8) is 0 Å². The van der Waals surface area contributed by atoms with Crippen LogP contribution in [0.5, 0.6) is 11.5 Å². The first-order chi connectivity index (χ1) is 10.8. The van der Waals surface area contributed by atoms with Gasteiger partial charge in [-0.1, -0.05) is 0 Å². The van der Waals surface area contributed by atoms with Crippen molar-refractivity contribution in [2.45, 2.75) is 19.1 Å². The Morgan fingerprint density at radius 3 is 2.48 bits per heavy atom. The van der Waals surface area contributed by atoms with Crippen LogP contribution in [-0.4, -0.2) is 52.2 Å². The summed E-state index contributed by atoms with van der Waals surface area (Å²) >= 11 is 0. The third-order valence-corrected chi connectivity index (χ3v) is 2.91. The first-order valence-corrected chi connectivity index (χ1v) is 6.66. The van der Waals surface area contributed by atoms with E-state index >= 15 is 0 Å². The lowest BCUT2D eigenvalue weighted by molar-refractivity contribution is -0.159. The molecule has 2 unspecified atom stereocenters. The van der Waals surface area contributed by atoms with Gasteiger partial charge in [-0.15, -0.1) is 0 Å². The van der Waals surface area contributed by atoms with Crippen molar-refractivity contribution in [2.75, 3.05) is 13.7 Å². The molecular weight excluding hydrogens is 308 g/mol. The van der Waals surface area contributed by atoms with Crippen LogP contribution in [0.25, 0.3) is 6.08 Å². The summed E-state index contributed by atoms with van der Waals surface area (Å²) in [5.74, 6) is -2.77. The smallest absolute Gasteiger partial charge is 0.338 e. The van der Waals surface area contributed by atoms with E-state index < -0.39 is 29.9 Å². The average molecular weight is 326 g/mol. The molecule has 0 aliphatic rings. The van der Waals surface area contributed by atoms with Gasteiger partial charge in [0.1, 0.15) is 6.10 Å². The van der Waals surface area contributed by atoms with Crippen LogP contribution in [0.2, 0.25) is 0 Å². The number of benzene rings is 1. The zero-order valence-electron chi connectivity index (χ0n) is 12.6. The third kappa shape index (κ3) is 4.70. The lowest BCUT2D eigenvalue weighted by atomic mass is 9.99. The summed E-state index contributed by atoms with van der Waals surface area (Å²) < 4.78 is 9.53. The van der Waals surface area contributed by atoms with Crippen molar-refractivity contribution in [1.29, 1.82) is 0 Å². The van der Waals surface area contributed by atoms with Gasteiger partial charge in [0.25, 0.3) is 0 Å². The van der Waals surface area contributed by atoms with Crippen LogP contribution in [0, 0.1) is 0 Å². The molecule has 4 N–H and O–H groups in total. The fourth-order valence-electron chi connectivity index (χ4n) is 1.82. The largest absolute Gasteiger partial charge is 0.504 e. The monoisotopic (exact) mass is 326 g/mol. The number of carbonyl (C=O) groups is 2. The molecule has 126 valence electrons. The molecule has 0 heterocycles. The number of methoxy groups -OCH3 is 1. The van der Waals surface area contributed by atoms with Crippen LogP contribution in [-0.2, 0) is 14.3 Å². The highest BCUT2D eigenvalue weighted by atomic mass is 16.5. The van der Waals surface area contributed by atoms with Gasteiger partial charge in [0.2, 0.25) is 0 Å². The number of ether oxygens (including phenoxy) is 2. The molecule has 0 bridgehead atoms. The van der Waals surface area contributed by atoms with E-state index in [4.69, 9.17) is 9.84 Å². The molecule has 0 amide bonds. The molecule has 0 saturated heterocycles. The second-order valence-corrected chi connectivity index (χ2v) is 4.47. The minimum atomic E-state index is -1.91. The van der Waals surface area contributed by atoms with E-state index in [0.717, 1.165) is 6.08 Å². The molecule has 8 nitrogen and oxygen atoms in total. The molecule has 1 aromatic carbocycles. The number of esters is 1. The summed E-state index contributed by atoms with van der Waals surface area (Å²) in [5.41, 5.74) is 0.0853. The number of phenolic OH excluding ortho intramolecular Hbond substituents is 1. The Kier molecular flexibility index (Phi) is 6.55. The van der Waals surface area contributed by atoms with E-state index in [0.29, 0.717) is 0 Å². The Labute approximate surface area is 132 Å². The fraction of sp³-hybridized carbons (Fsp3) is 0.333. The number of phenols is 1. The average Bonchev–Trinajstić information content (AvgIpc) is 2.52. The molecule has 0 spiro atoms. The van der Waals surface area contributed by atoms with Crippen molar-refractivity contribution < 1.29 is 39.5 Å². The standard InChI is InChI=1S/C15H18O8/c1-3-23-15(21)14(20)13(19)9-6-8(4-5-11(16)17)7-10(22-2)12(9)18/h4-7,13-14,18-20H,3H2,1-2H3,(H,16,17). The Hall–Kier alpha value is -2.58. The van der Waals surface area contributed by atoms with Crippen molar-refractivity contribution >= 4 is 18.0 Å². The zero-order valence-corrected chi connectivity index (χ0v) is 12.6. The predicted molar refractivity (Wildman–Crippen MR) is 78.9 cm³/mol. The first kappa shape index (κ1) is 18.5. The number of hydrogen-bond donors (Lipinski definition) is 4. The van der Waals surface area contributed by atoms with Gasteiger partial charge in [0.05, 0.1) is 13.7 Å². The minimum Gasteiger partial charge on any atom is -0.504 e. The van der Waals surface area contributed by atoms with E-state index in [9.17, 15) is 24.9 Å². The van der Waals surface area contributed by atoms with E-state index in [1.807, 2.05) is 0 Å². The van der Waals surface area contributed by atoms with Crippen LogP contribution in [0.4, 0.5) is 0 Å². The number of carbonyl (C=O) groups excluding carboxylic acids is 1. The van der Waals surface area contributed by atoms with Gasteiger partial charge >= 0.3 is 11.9 Å². The highest BCUT2D eigenvalue weighted by Gasteiger charge is 2.30. The van der Waals surface area contributed by atoms with Crippen LogP contribution in [0.3, 0.4) is 0 Å². The van der Waals surface area contributed by atoms with Gasteiger partial charge < -0.3 is 29.9 Å². The minimum absolute atomic E-state index is 0.0132. The number of aliphatic hydroxyl groups excluding tert-OH is 2. The molecule has 1 aromatic rings. The van der Waals surface area contributed by atoms with Gasteiger partial charge in [0.15, 0.2) is 17.6 Å². The molecule has 0 aliphatic heterocycles. The topological polar surface area (TPSA) is 134 Å². The lowest BCUT2D eigenvalue weighted by Gasteiger charge is -2.19. The Balaban J connectivity index is 3.24. The molecule has 0 aromatic heterocycles. The maximum Gasteiger partial charge on any atom is 0.338 e. The lowest BCUT2D eigenvalue weighted by Crippen LogP contribution is -2.30. The summed E-state index contributed by atoms with van der Waals surface area (Å²) in [7, 11) is 1.26. The third-order valence-electron chi connectivity index (χ3n) is 2.91. The number of carboxylic acid groups (broad SMARTS) is 1. The number of rotatable bonds is 7. The first-order valence-electron chi connectivity index (χ1n) is 6.66. The van der Waals surface area contributed by atoms with Gasteiger partial charge in [0, 0.05) is 11.6 Å². The van der Waals surface area contributed by atoms with Crippen molar-refractivity contribution in [3.05, 3.63) is 29.3 Å². The Morgan fingerprint density at radius 1 is 1.30 bits per heavy atom. The number of carboxylic acids is 1. The fourth-order valence-corrected chi connectivity index (χ4v) is 1.82. The number of hydrogen-bond acceptors (Lipinski definition) is 7. The Bertz CT molecular complexity index is 608. The second kappa shape index (κ2) is 8.16. The number of aromatic hydroxyl groups is 1. The summed E-state index contributed by atoms with van der Waals surface area (Å²) in [6.07, 6.45) is -1.63. The highest BCUT2D eigenvalue weighted by molar-refractivity contribution is 5.85. The molecule has 0 radical (unpaired) electrons. The summed E-state index contributed by atoms with van der Waals surface area (Å²) in [4.78, 5) is 22.1. The summed E-state index contributed by atoms with van der Waals surface area (Å²) in [6, 6.07) is 2.56. The normalized spacial score (nSPS) is 13.6. The summed E-state index contributed by atoms with van der Waals surface area (Å²) in [5, 5.41) is 38.5. The zero-order chi connectivity index (χ0) is 17.6. The van der Waals surface area contributed by atoms with E-state index in [1.54, 1.807) is 0 Å². The number of aliphatic carboxylic acids is 1. The highest BCUT2D eigenvalue weighted by Crippen LogP contribution is 2.37. The molecule has 0 aliphatic carbocycles. The van der Waals surface area contributed by atoms with Crippen LogP contribution >= 0.6 is 0 Å². The molecule has 8 heteroatoms. The quantitative estimate of drug-likeness (QED) is 0.419. The predicted octanol–water partition coefficient (Wildman–Crippen LogP) is 0.456. The van der Waals surface area contributed by atoms with Crippen molar-refractivity contribution in [3.8, 4) is 11.5 Å². The number of aliphatic hydroxyl groups is 2. The van der Waals surface area contributed by atoms with Crippen LogP contribution in [0.1, 0.15) is 24.2 Å². The molecule has 0 saturated carbocycles. The van der Waals surface area contributed by atoms with Gasteiger partial charge in [-0.2, -0.15) is 0 Å². The van der Waals surface area contributed by atoms with E-state index in [-0.39, 0.29) is 23.5 Å². The Morgan fingerprint density at radius 2 is 1.96 bits per heavy atom. The SMILES string of the molecule is CCOC(=O)C(O)C(O)c1cc(C=CC(=O)O)cc(OC)c1O. The second-order valence-electron chi connectivity index (χ2n) is 4.47. The molecule has 2 atom stereocenters. The molecular formula is C15H18O8. The van der Waals surface area contributed by atoms with Crippen molar-refractivity contribution in [1.82, 2.24) is 0 Å². The van der Waals surface area contributed by atoms with Gasteiger partial charge in [-0.05, 0) is 30.7 Å². The van der Waals surface area contributed by atoms with Crippen molar-refractivity contribution in [2.24, 2.45) is 0 Å². The van der Waals surface area contributed by atoms with Crippen LogP contribution < -0.4 is 4.74 Å². The van der Waals surface area contributed by atoms with E-state index in [2.05, 4.69) is 4.74 Å².